The van der Waals surface area contributed by atoms with Gasteiger partial charge < -0.3 is 15.1 Å². The maximum atomic E-state index is 12.3. The van der Waals surface area contributed by atoms with Crippen LogP contribution in [0.3, 0.4) is 0 Å². The number of thiophene rings is 1. The third kappa shape index (κ3) is 5.90. The third-order valence-electron chi connectivity index (χ3n) is 3.29. The molecule has 2 amide bonds. The molecule has 0 saturated heterocycles. The number of amides is 2. The van der Waals surface area contributed by atoms with E-state index in [-0.39, 0.29) is 11.8 Å². The van der Waals surface area contributed by atoms with Gasteiger partial charge in [-0.2, -0.15) is 0 Å². The van der Waals surface area contributed by atoms with E-state index in [9.17, 15) is 9.59 Å². The molecule has 1 atom stereocenters. The summed E-state index contributed by atoms with van der Waals surface area (Å²) in [7, 11) is 0. The SMILES string of the molecule is CC(C)C[C@H](NC(=O)Cc1cccs1)C(=O)NCc1ccco1. The Labute approximate surface area is 140 Å². The van der Waals surface area contributed by atoms with E-state index < -0.39 is 6.04 Å². The Bertz CT molecular complexity index is 606. The third-order valence-corrected chi connectivity index (χ3v) is 4.17. The highest BCUT2D eigenvalue weighted by Gasteiger charge is 2.22. The van der Waals surface area contributed by atoms with Crippen molar-refractivity contribution in [2.45, 2.75) is 39.3 Å². The molecule has 0 aliphatic heterocycles. The number of carbonyl (C=O) groups excluding carboxylic acids is 2. The van der Waals surface area contributed by atoms with Gasteiger partial charge >= 0.3 is 0 Å². The molecule has 2 rings (SSSR count). The van der Waals surface area contributed by atoms with Gasteiger partial charge in [-0.1, -0.05) is 19.9 Å². The molecule has 0 aliphatic rings. The second-order valence-corrected chi connectivity index (χ2v) is 6.84. The van der Waals surface area contributed by atoms with E-state index in [4.69, 9.17) is 4.42 Å². The van der Waals surface area contributed by atoms with Crippen LogP contribution in [0.25, 0.3) is 0 Å². The lowest BCUT2D eigenvalue weighted by atomic mass is 10.0. The van der Waals surface area contributed by atoms with E-state index in [0.717, 1.165) is 4.88 Å². The molecule has 2 aromatic heterocycles. The minimum atomic E-state index is -0.530. The smallest absolute Gasteiger partial charge is 0.242 e. The largest absolute Gasteiger partial charge is 0.467 e. The number of hydrogen-bond acceptors (Lipinski definition) is 4. The van der Waals surface area contributed by atoms with Crippen LogP contribution >= 0.6 is 11.3 Å². The van der Waals surface area contributed by atoms with Crippen LogP contribution < -0.4 is 10.6 Å². The van der Waals surface area contributed by atoms with Crippen molar-refractivity contribution in [2.75, 3.05) is 0 Å². The summed E-state index contributed by atoms with van der Waals surface area (Å²) < 4.78 is 5.20. The van der Waals surface area contributed by atoms with E-state index in [1.807, 2.05) is 31.4 Å². The number of rotatable bonds is 8. The Hall–Kier alpha value is -2.08. The molecular formula is C17H22N2O3S. The Balaban J connectivity index is 1.89. The minimum Gasteiger partial charge on any atom is -0.467 e. The molecule has 124 valence electrons. The predicted octanol–water partition coefficient (Wildman–Crippen LogP) is 2.73. The van der Waals surface area contributed by atoms with E-state index in [1.165, 1.54) is 11.3 Å². The van der Waals surface area contributed by atoms with E-state index in [1.54, 1.807) is 18.4 Å². The molecule has 2 aromatic rings. The lowest BCUT2D eigenvalue weighted by molar-refractivity contribution is -0.129. The molecule has 0 radical (unpaired) electrons. The van der Waals surface area contributed by atoms with Crippen molar-refractivity contribution in [1.82, 2.24) is 10.6 Å². The zero-order valence-electron chi connectivity index (χ0n) is 13.4. The summed E-state index contributed by atoms with van der Waals surface area (Å²) in [5.41, 5.74) is 0. The zero-order valence-corrected chi connectivity index (χ0v) is 14.2. The molecule has 6 heteroatoms. The molecule has 2 heterocycles. The Morgan fingerprint density at radius 2 is 2.09 bits per heavy atom. The normalized spacial score (nSPS) is 12.1. The maximum Gasteiger partial charge on any atom is 0.242 e. The fraction of sp³-hybridized carbons (Fsp3) is 0.412. The molecular weight excluding hydrogens is 312 g/mol. The van der Waals surface area contributed by atoms with Gasteiger partial charge in [0.25, 0.3) is 0 Å². The molecule has 0 saturated carbocycles. The molecule has 0 spiro atoms. The lowest BCUT2D eigenvalue weighted by Gasteiger charge is -2.20. The summed E-state index contributed by atoms with van der Waals surface area (Å²) in [5.74, 6) is 0.670. The average Bonchev–Trinajstić information content (AvgIpc) is 3.16. The van der Waals surface area contributed by atoms with Crippen molar-refractivity contribution in [2.24, 2.45) is 5.92 Å². The minimum absolute atomic E-state index is 0.133. The van der Waals surface area contributed by atoms with Gasteiger partial charge in [-0.05, 0) is 35.9 Å². The summed E-state index contributed by atoms with van der Waals surface area (Å²) >= 11 is 1.54. The average molecular weight is 334 g/mol. The van der Waals surface area contributed by atoms with Crippen LogP contribution in [0.2, 0.25) is 0 Å². The van der Waals surface area contributed by atoms with Gasteiger partial charge in [0, 0.05) is 4.88 Å². The van der Waals surface area contributed by atoms with Gasteiger partial charge in [0.2, 0.25) is 11.8 Å². The molecule has 2 N–H and O–H groups in total. The summed E-state index contributed by atoms with van der Waals surface area (Å²) in [6, 6.07) is 6.87. The van der Waals surface area contributed by atoms with Crippen LogP contribution in [-0.4, -0.2) is 17.9 Å². The molecule has 0 unspecified atom stereocenters. The summed E-state index contributed by atoms with van der Waals surface area (Å²) in [4.78, 5) is 25.5. The fourth-order valence-corrected chi connectivity index (χ4v) is 2.93. The van der Waals surface area contributed by atoms with E-state index in [2.05, 4.69) is 10.6 Å². The maximum absolute atomic E-state index is 12.3. The van der Waals surface area contributed by atoms with Gasteiger partial charge in [-0.15, -0.1) is 11.3 Å². The van der Waals surface area contributed by atoms with Gasteiger partial charge in [0.15, 0.2) is 0 Å². The van der Waals surface area contributed by atoms with Gasteiger partial charge in [0.05, 0.1) is 19.2 Å². The van der Waals surface area contributed by atoms with E-state index in [0.29, 0.717) is 31.1 Å². The van der Waals surface area contributed by atoms with Crippen molar-refractivity contribution < 1.29 is 14.0 Å². The first-order chi connectivity index (χ1) is 11.0. The second-order valence-electron chi connectivity index (χ2n) is 5.80. The highest BCUT2D eigenvalue weighted by atomic mass is 32.1. The second kappa shape index (κ2) is 8.53. The van der Waals surface area contributed by atoms with Crippen LogP contribution in [0, 0.1) is 5.92 Å². The highest BCUT2D eigenvalue weighted by Crippen LogP contribution is 2.10. The molecule has 23 heavy (non-hydrogen) atoms. The molecule has 5 nitrogen and oxygen atoms in total. The summed E-state index contributed by atoms with van der Waals surface area (Å²) in [5, 5.41) is 7.59. The number of carbonyl (C=O) groups is 2. The monoisotopic (exact) mass is 334 g/mol. The first-order valence-electron chi connectivity index (χ1n) is 7.66. The van der Waals surface area contributed by atoms with Crippen molar-refractivity contribution in [1.29, 1.82) is 0 Å². The number of furan rings is 1. The lowest BCUT2D eigenvalue weighted by Crippen LogP contribution is -2.47. The fourth-order valence-electron chi connectivity index (χ4n) is 2.23. The van der Waals surface area contributed by atoms with Crippen LogP contribution in [0.5, 0.6) is 0 Å². The molecule has 0 aromatic carbocycles. The van der Waals surface area contributed by atoms with Crippen molar-refractivity contribution in [3.05, 3.63) is 46.5 Å². The summed E-state index contributed by atoms with van der Waals surface area (Å²) in [6.07, 6.45) is 2.47. The molecule has 0 bridgehead atoms. The summed E-state index contributed by atoms with van der Waals surface area (Å²) in [6.45, 7) is 4.37. The van der Waals surface area contributed by atoms with Crippen molar-refractivity contribution >= 4 is 23.2 Å². The van der Waals surface area contributed by atoms with Crippen molar-refractivity contribution in [3.8, 4) is 0 Å². The Morgan fingerprint density at radius 3 is 2.70 bits per heavy atom. The van der Waals surface area contributed by atoms with Crippen LogP contribution in [0.1, 0.15) is 30.9 Å². The highest BCUT2D eigenvalue weighted by molar-refractivity contribution is 7.10. The van der Waals surface area contributed by atoms with Crippen LogP contribution in [0.4, 0.5) is 0 Å². The first kappa shape index (κ1) is 17.3. The Morgan fingerprint density at radius 1 is 1.26 bits per heavy atom. The predicted molar refractivity (Wildman–Crippen MR) is 90.0 cm³/mol. The van der Waals surface area contributed by atoms with Gasteiger partial charge in [0.1, 0.15) is 11.8 Å². The molecule has 0 fully saturated rings. The van der Waals surface area contributed by atoms with Crippen LogP contribution in [-0.2, 0) is 22.6 Å². The zero-order chi connectivity index (χ0) is 16.7. The molecule has 0 aliphatic carbocycles. The van der Waals surface area contributed by atoms with Crippen LogP contribution in [0.15, 0.2) is 40.3 Å². The standard InChI is InChI=1S/C17H22N2O3S/c1-12(2)9-15(17(21)18-11-13-5-3-7-22-13)19-16(20)10-14-6-4-8-23-14/h3-8,12,15H,9-11H2,1-2H3,(H,18,21)(H,19,20)/t15-/m0/s1. The van der Waals surface area contributed by atoms with Gasteiger partial charge in [-0.25, -0.2) is 0 Å². The van der Waals surface area contributed by atoms with Crippen molar-refractivity contribution in [3.63, 3.8) is 0 Å². The first-order valence-corrected chi connectivity index (χ1v) is 8.54. The Kier molecular flexibility index (Phi) is 6.40. The number of hydrogen-bond donors (Lipinski definition) is 2. The quantitative estimate of drug-likeness (QED) is 0.780. The number of nitrogens with one attached hydrogen (secondary N) is 2. The van der Waals surface area contributed by atoms with E-state index >= 15 is 0 Å². The topological polar surface area (TPSA) is 71.3 Å². The van der Waals surface area contributed by atoms with Gasteiger partial charge in [-0.3, -0.25) is 9.59 Å².